The van der Waals surface area contributed by atoms with Gasteiger partial charge >= 0.3 is 0 Å². The highest BCUT2D eigenvalue weighted by Gasteiger charge is 2.26. The highest BCUT2D eigenvalue weighted by Crippen LogP contribution is 2.32. The summed E-state index contributed by atoms with van der Waals surface area (Å²) in [5.74, 6) is 0.592. The summed E-state index contributed by atoms with van der Waals surface area (Å²) in [4.78, 5) is 11.2. The Morgan fingerprint density at radius 3 is 3.07 bits per heavy atom. The maximum absolute atomic E-state index is 11.2. The molecular formula is C10H12N2O2. The number of anilines is 1. The SMILES string of the molecule is CCOc1ccc2c(c1)NC(=O)C2N. The van der Waals surface area contributed by atoms with Gasteiger partial charge in [-0.2, -0.15) is 0 Å². The van der Waals surface area contributed by atoms with Crippen molar-refractivity contribution in [2.75, 3.05) is 11.9 Å². The lowest BCUT2D eigenvalue weighted by molar-refractivity contribution is -0.116. The van der Waals surface area contributed by atoms with Crippen LogP contribution in [0.15, 0.2) is 18.2 Å². The normalized spacial score (nSPS) is 19.0. The van der Waals surface area contributed by atoms with E-state index in [1.54, 1.807) is 6.07 Å². The minimum Gasteiger partial charge on any atom is -0.494 e. The third kappa shape index (κ3) is 1.33. The monoisotopic (exact) mass is 192 g/mol. The zero-order valence-electron chi connectivity index (χ0n) is 7.91. The van der Waals surface area contributed by atoms with Gasteiger partial charge in [0.15, 0.2) is 0 Å². The van der Waals surface area contributed by atoms with E-state index in [0.29, 0.717) is 6.61 Å². The van der Waals surface area contributed by atoms with Crippen LogP contribution in [0.5, 0.6) is 5.75 Å². The maximum atomic E-state index is 11.2. The molecule has 14 heavy (non-hydrogen) atoms. The van der Waals surface area contributed by atoms with E-state index in [0.717, 1.165) is 17.0 Å². The Morgan fingerprint density at radius 1 is 1.57 bits per heavy atom. The summed E-state index contributed by atoms with van der Waals surface area (Å²) in [6.07, 6.45) is 0. The molecule has 4 nitrogen and oxygen atoms in total. The van der Waals surface area contributed by atoms with Crippen molar-refractivity contribution < 1.29 is 9.53 Å². The van der Waals surface area contributed by atoms with Gasteiger partial charge < -0.3 is 15.8 Å². The second kappa shape index (κ2) is 3.31. The summed E-state index contributed by atoms with van der Waals surface area (Å²) in [5, 5.41) is 2.70. The number of hydrogen-bond donors (Lipinski definition) is 2. The fourth-order valence-corrected chi connectivity index (χ4v) is 1.52. The Kier molecular flexibility index (Phi) is 2.13. The van der Waals surface area contributed by atoms with Crippen LogP contribution in [0.3, 0.4) is 0 Å². The molecule has 2 rings (SSSR count). The number of hydrogen-bond acceptors (Lipinski definition) is 3. The highest BCUT2D eigenvalue weighted by atomic mass is 16.5. The molecule has 0 spiro atoms. The topological polar surface area (TPSA) is 64.3 Å². The predicted octanol–water partition coefficient (Wildman–Crippen LogP) is 1.04. The van der Waals surface area contributed by atoms with Crippen LogP contribution in [0.1, 0.15) is 18.5 Å². The van der Waals surface area contributed by atoms with Crippen LogP contribution in [0.25, 0.3) is 0 Å². The van der Waals surface area contributed by atoms with E-state index < -0.39 is 6.04 Å². The van der Waals surface area contributed by atoms with Crippen molar-refractivity contribution in [3.63, 3.8) is 0 Å². The van der Waals surface area contributed by atoms with Gasteiger partial charge in [0.2, 0.25) is 5.91 Å². The van der Waals surface area contributed by atoms with Gasteiger partial charge in [-0.05, 0) is 13.0 Å². The van der Waals surface area contributed by atoms with Gasteiger partial charge in [0, 0.05) is 17.3 Å². The molecule has 1 amide bonds. The molecule has 1 aromatic carbocycles. The van der Waals surface area contributed by atoms with Gasteiger partial charge in [0.1, 0.15) is 11.8 Å². The van der Waals surface area contributed by atoms with Crippen LogP contribution in [0, 0.1) is 0 Å². The van der Waals surface area contributed by atoms with Gasteiger partial charge in [-0.3, -0.25) is 4.79 Å². The molecule has 3 N–H and O–H groups in total. The minimum absolute atomic E-state index is 0.159. The molecule has 1 aliphatic rings. The maximum Gasteiger partial charge on any atom is 0.245 e. The van der Waals surface area contributed by atoms with Crippen LogP contribution in [0.2, 0.25) is 0 Å². The highest BCUT2D eigenvalue weighted by molar-refractivity contribution is 6.02. The van der Waals surface area contributed by atoms with Gasteiger partial charge in [-0.15, -0.1) is 0 Å². The molecule has 0 saturated carbocycles. The van der Waals surface area contributed by atoms with Gasteiger partial charge in [0.05, 0.1) is 6.61 Å². The Morgan fingerprint density at radius 2 is 2.36 bits per heavy atom. The lowest BCUT2D eigenvalue weighted by atomic mass is 10.1. The third-order valence-corrected chi connectivity index (χ3v) is 2.21. The fraction of sp³-hybridized carbons (Fsp3) is 0.300. The average molecular weight is 192 g/mol. The number of carbonyl (C=O) groups is 1. The number of benzene rings is 1. The van der Waals surface area contributed by atoms with E-state index in [4.69, 9.17) is 10.5 Å². The smallest absolute Gasteiger partial charge is 0.245 e. The third-order valence-electron chi connectivity index (χ3n) is 2.21. The van der Waals surface area contributed by atoms with E-state index >= 15 is 0 Å². The summed E-state index contributed by atoms with van der Waals surface area (Å²) in [7, 11) is 0. The molecule has 1 unspecified atom stereocenters. The van der Waals surface area contributed by atoms with Crippen molar-refractivity contribution in [2.24, 2.45) is 5.73 Å². The van der Waals surface area contributed by atoms with Gasteiger partial charge in [-0.1, -0.05) is 6.07 Å². The zero-order valence-corrected chi connectivity index (χ0v) is 7.91. The zero-order chi connectivity index (χ0) is 10.1. The van der Waals surface area contributed by atoms with E-state index in [2.05, 4.69) is 5.32 Å². The van der Waals surface area contributed by atoms with Crippen molar-refractivity contribution in [3.05, 3.63) is 23.8 Å². The van der Waals surface area contributed by atoms with Crippen molar-refractivity contribution >= 4 is 11.6 Å². The summed E-state index contributed by atoms with van der Waals surface area (Å²) in [6, 6.07) is 4.90. The summed E-state index contributed by atoms with van der Waals surface area (Å²) >= 11 is 0. The molecule has 0 bridgehead atoms. The Hall–Kier alpha value is -1.55. The van der Waals surface area contributed by atoms with Crippen LogP contribution in [-0.4, -0.2) is 12.5 Å². The molecule has 0 saturated heterocycles. The van der Waals surface area contributed by atoms with Crippen LogP contribution >= 0.6 is 0 Å². The molecule has 0 fully saturated rings. The first-order chi connectivity index (χ1) is 6.72. The lowest BCUT2D eigenvalue weighted by Crippen LogP contribution is -2.19. The summed E-state index contributed by atoms with van der Waals surface area (Å²) in [5.41, 5.74) is 7.25. The number of carbonyl (C=O) groups excluding carboxylic acids is 1. The number of ether oxygens (including phenoxy) is 1. The molecular weight excluding hydrogens is 180 g/mol. The molecule has 0 aliphatic carbocycles. The first-order valence-electron chi connectivity index (χ1n) is 4.55. The first kappa shape index (κ1) is 9.02. The number of fused-ring (bicyclic) bond motifs is 1. The number of nitrogens with two attached hydrogens (primary N) is 1. The van der Waals surface area contributed by atoms with E-state index in [9.17, 15) is 4.79 Å². The summed E-state index contributed by atoms with van der Waals surface area (Å²) in [6.45, 7) is 2.52. The molecule has 1 heterocycles. The number of rotatable bonds is 2. The standard InChI is InChI=1S/C10H12N2O2/c1-2-14-6-3-4-7-8(5-6)12-10(13)9(7)11/h3-5,9H,2,11H2,1H3,(H,12,13). The van der Waals surface area contributed by atoms with Crippen molar-refractivity contribution in [1.29, 1.82) is 0 Å². The molecule has 1 aliphatic heterocycles. The number of nitrogens with one attached hydrogen (secondary N) is 1. The van der Waals surface area contributed by atoms with E-state index in [1.165, 1.54) is 0 Å². The predicted molar refractivity (Wildman–Crippen MR) is 53.2 cm³/mol. The fourth-order valence-electron chi connectivity index (χ4n) is 1.52. The van der Waals surface area contributed by atoms with E-state index in [-0.39, 0.29) is 5.91 Å². The van der Waals surface area contributed by atoms with E-state index in [1.807, 2.05) is 19.1 Å². The lowest BCUT2D eigenvalue weighted by Gasteiger charge is -2.05. The van der Waals surface area contributed by atoms with Crippen LogP contribution in [-0.2, 0) is 4.79 Å². The Bertz CT molecular complexity index is 376. The largest absolute Gasteiger partial charge is 0.494 e. The average Bonchev–Trinajstić information content (AvgIpc) is 2.43. The Balaban J connectivity index is 2.34. The molecule has 74 valence electrons. The van der Waals surface area contributed by atoms with Crippen molar-refractivity contribution in [1.82, 2.24) is 0 Å². The van der Waals surface area contributed by atoms with Gasteiger partial charge in [-0.25, -0.2) is 0 Å². The van der Waals surface area contributed by atoms with Gasteiger partial charge in [0.25, 0.3) is 0 Å². The second-order valence-electron chi connectivity index (χ2n) is 3.15. The van der Waals surface area contributed by atoms with Crippen molar-refractivity contribution in [2.45, 2.75) is 13.0 Å². The summed E-state index contributed by atoms with van der Waals surface area (Å²) < 4.78 is 5.31. The van der Waals surface area contributed by atoms with Crippen LogP contribution < -0.4 is 15.8 Å². The Labute approximate surface area is 82.1 Å². The first-order valence-corrected chi connectivity index (χ1v) is 4.55. The molecule has 1 aromatic rings. The van der Waals surface area contributed by atoms with Crippen LogP contribution in [0.4, 0.5) is 5.69 Å². The molecule has 0 radical (unpaired) electrons. The number of amides is 1. The molecule has 0 aromatic heterocycles. The quantitative estimate of drug-likeness (QED) is 0.735. The minimum atomic E-state index is -0.541. The molecule has 1 atom stereocenters. The van der Waals surface area contributed by atoms with Crippen molar-refractivity contribution in [3.8, 4) is 5.75 Å². The molecule has 4 heteroatoms. The second-order valence-corrected chi connectivity index (χ2v) is 3.15.